The lowest BCUT2D eigenvalue weighted by Gasteiger charge is -2.07. The topological polar surface area (TPSA) is 43.6 Å². The van der Waals surface area contributed by atoms with Crippen molar-refractivity contribution in [3.63, 3.8) is 0 Å². The molecule has 5 heteroatoms. The average Bonchev–Trinajstić information content (AvgIpc) is 2.77. The summed E-state index contributed by atoms with van der Waals surface area (Å²) in [5.41, 5.74) is 4.13. The van der Waals surface area contributed by atoms with E-state index in [4.69, 9.17) is 11.6 Å². The van der Waals surface area contributed by atoms with E-state index >= 15 is 0 Å². The summed E-state index contributed by atoms with van der Waals surface area (Å²) in [6, 6.07) is 6.07. The van der Waals surface area contributed by atoms with E-state index in [1.165, 1.54) is 5.56 Å². The Morgan fingerprint density at radius 2 is 2.05 bits per heavy atom. The Labute approximate surface area is 122 Å². The molecule has 0 N–H and O–H groups in total. The van der Waals surface area contributed by atoms with Crippen LogP contribution in [0.15, 0.2) is 36.8 Å². The zero-order valence-corrected chi connectivity index (χ0v) is 12.0. The van der Waals surface area contributed by atoms with Gasteiger partial charge in [0.1, 0.15) is 11.3 Å². The van der Waals surface area contributed by atoms with Crippen LogP contribution in [-0.2, 0) is 13.0 Å². The van der Waals surface area contributed by atoms with E-state index in [1.807, 2.05) is 25.3 Å². The third kappa shape index (κ3) is 2.51. The Morgan fingerprint density at radius 1 is 1.25 bits per heavy atom. The molecule has 102 valence electrons. The molecule has 0 radical (unpaired) electrons. The van der Waals surface area contributed by atoms with Crippen molar-refractivity contribution in [2.45, 2.75) is 19.9 Å². The van der Waals surface area contributed by atoms with Crippen molar-refractivity contribution in [3.05, 3.63) is 53.7 Å². The molecule has 0 aliphatic heterocycles. The molecule has 3 aromatic rings. The van der Waals surface area contributed by atoms with Crippen molar-refractivity contribution in [1.82, 2.24) is 19.5 Å². The molecule has 0 aliphatic rings. The number of alkyl halides is 1. The fourth-order valence-corrected chi connectivity index (χ4v) is 2.44. The third-order valence-corrected chi connectivity index (χ3v) is 3.40. The lowest BCUT2D eigenvalue weighted by Crippen LogP contribution is -2.06. The standard InChI is InChI=1S/C15H15ClN4/c1-11-8-13-15(18-9-11)20(14(19-13)2-5-16)10-12-3-6-17-7-4-12/h3-4,6-9H,2,5,10H2,1H3. The van der Waals surface area contributed by atoms with Crippen LogP contribution in [0, 0.1) is 6.92 Å². The summed E-state index contributed by atoms with van der Waals surface area (Å²) >= 11 is 5.89. The van der Waals surface area contributed by atoms with Crippen LogP contribution in [0.25, 0.3) is 11.2 Å². The van der Waals surface area contributed by atoms with Crippen LogP contribution < -0.4 is 0 Å². The lowest BCUT2D eigenvalue weighted by molar-refractivity contribution is 0.746. The van der Waals surface area contributed by atoms with Crippen molar-refractivity contribution >= 4 is 22.8 Å². The second-order valence-electron chi connectivity index (χ2n) is 4.76. The maximum atomic E-state index is 5.89. The lowest BCUT2D eigenvalue weighted by atomic mass is 10.2. The molecule has 0 unspecified atom stereocenters. The fraction of sp³-hybridized carbons (Fsp3) is 0.267. The summed E-state index contributed by atoms with van der Waals surface area (Å²) in [6.07, 6.45) is 6.21. The highest BCUT2D eigenvalue weighted by atomic mass is 35.5. The Hall–Kier alpha value is -1.94. The van der Waals surface area contributed by atoms with E-state index in [-0.39, 0.29) is 0 Å². The van der Waals surface area contributed by atoms with E-state index in [0.717, 1.165) is 35.5 Å². The number of halogens is 1. The molecule has 20 heavy (non-hydrogen) atoms. The number of hydrogen-bond acceptors (Lipinski definition) is 3. The molecule has 0 saturated heterocycles. The third-order valence-electron chi connectivity index (χ3n) is 3.21. The van der Waals surface area contributed by atoms with Crippen molar-refractivity contribution in [2.75, 3.05) is 5.88 Å². The van der Waals surface area contributed by atoms with Gasteiger partial charge in [0.15, 0.2) is 5.65 Å². The number of nitrogens with zero attached hydrogens (tertiary/aromatic N) is 4. The molecule has 0 aromatic carbocycles. The second-order valence-corrected chi connectivity index (χ2v) is 5.14. The largest absolute Gasteiger partial charge is 0.308 e. The average molecular weight is 287 g/mol. The minimum absolute atomic E-state index is 0.554. The summed E-state index contributed by atoms with van der Waals surface area (Å²) in [6.45, 7) is 2.76. The molecule has 0 saturated carbocycles. The highest BCUT2D eigenvalue weighted by molar-refractivity contribution is 6.17. The van der Waals surface area contributed by atoms with Crippen LogP contribution in [0.5, 0.6) is 0 Å². The summed E-state index contributed by atoms with van der Waals surface area (Å²) in [7, 11) is 0. The molecule has 0 fully saturated rings. The highest BCUT2D eigenvalue weighted by Gasteiger charge is 2.12. The monoisotopic (exact) mass is 286 g/mol. The van der Waals surface area contributed by atoms with Crippen LogP contribution >= 0.6 is 11.6 Å². The van der Waals surface area contributed by atoms with Gasteiger partial charge in [-0.25, -0.2) is 9.97 Å². The first-order chi connectivity index (χ1) is 9.78. The van der Waals surface area contributed by atoms with Gasteiger partial charge in [-0.2, -0.15) is 0 Å². The number of rotatable bonds is 4. The molecule has 0 bridgehead atoms. The smallest absolute Gasteiger partial charge is 0.160 e. The van der Waals surface area contributed by atoms with E-state index in [1.54, 1.807) is 12.4 Å². The van der Waals surface area contributed by atoms with Crippen molar-refractivity contribution in [1.29, 1.82) is 0 Å². The molecule has 0 atom stereocenters. The van der Waals surface area contributed by atoms with Gasteiger partial charge in [0, 0.05) is 30.9 Å². The van der Waals surface area contributed by atoms with E-state index in [9.17, 15) is 0 Å². The number of pyridine rings is 2. The molecule has 3 heterocycles. The van der Waals surface area contributed by atoms with Crippen LogP contribution in [0.3, 0.4) is 0 Å². The van der Waals surface area contributed by atoms with E-state index in [2.05, 4.69) is 25.6 Å². The van der Waals surface area contributed by atoms with Gasteiger partial charge in [0.2, 0.25) is 0 Å². The minimum Gasteiger partial charge on any atom is -0.308 e. The Balaban J connectivity index is 2.09. The van der Waals surface area contributed by atoms with E-state index in [0.29, 0.717) is 5.88 Å². The molecular weight excluding hydrogens is 272 g/mol. The number of hydrogen-bond donors (Lipinski definition) is 0. The zero-order chi connectivity index (χ0) is 13.9. The first kappa shape index (κ1) is 13.1. The van der Waals surface area contributed by atoms with Gasteiger partial charge in [0.05, 0.1) is 6.54 Å². The quantitative estimate of drug-likeness (QED) is 0.693. The van der Waals surface area contributed by atoms with Crippen LogP contribution in [-0.4, -0.2) is 25.4 Å². The maximum Gasteiger partial charge on any atom is 0.160 e. The van der Waals surface area contributed by atoms with Gasteiger partial charge in [-0.3, -0.25) is 4.98 Å². The molecule has 0 aliphatic carbocycles. The minimum atomic E-state index is 0.554. The number of fused-ring (bicyclic) bond motifs is 1. The summed E-state index contributed by atoms with van der Waals surface area (Å²) in [5.74, 6) is 1.53. The molecule has 0 amide bonds. The normalized spacial score (nSPS) is 11.1. The van der Waals surface area contributed by atoms with Gasteiger partial charge in [0.25, 0.3) is 0 Å². The van der Waals surface area contributed by atoms with Crippen LogP contribution in [0.2, 0.25) is 0 Å². The number of aromatic nitrogens is 4. The predicted molar refractivity (Wildman–Crippen MR) is 80.0 cm³/mol. The summed E-state index contributed by atoms with van der Waals surface area (Å²) in [5, 5.41) is 0. The molecule has 3 rings (SSSR count). The van der Waals surface area contributed by atoms with E-state index < -0.39 is 0 Å². The molecule has 0 spiro atoms. The number of aryl methyl sites for hydroxylation is 2. The van der Waals surface area contributed by atoms with Gasteiger partial charge >= 0.3 is 0 Å². The fourth-order valence-electron chi connectivity index (χ4n) is 2.27. The summed E-state index contributed by atoms with van der Waals surface area (Å²) < 4.78 is 2.13. The molecule has 3 aromatic heterocycles. The molecule has 4 nitrogen and oxygen atoms in total. The van der Waals surface area contributed by atoms with Gasteiger partial charge in [-0.15, -0.1) is 11.6 Å². The second kappa shape index (κ2) is 5.59. The highest BCUT2D eigenvalue weighted by Crippen LogP contribution is 2.17. The Kier molecular flexibility index (Phi) is 3.65. The first-order valence-electron chi connectivity index (χ1n) is 6.54. The van der Waals surface area contributed by atoms with Crippen LogP contribution in [0.1, 0.15) is 17.0 Å². The molecular formula is C15H15ClN4. The van der Waals surface area contributed by atoms with Crippen molar-refractivity contribution in [3.8, 4) is 0 Å². The Bertz CT molecular complexity index is 721. The summed E-state index contributed by atoms with van der Waals surface area (Å²) in [4.78, 5) is 13.2. The Morgan fingerprint density at radius 3 is 2.80 bits per heavy atom. The van der Waals surface area contributed by atoms with Gasteiger partial charge in [-0.05, 0) is 36.2 Å². The maximum absolute atomic E-state index is 5.89. The van der Waals surface area contributed by atoms with Gasteiger partial charge in [-0.1, -0.05) is 0 Å². The number of imidazole rings is 1. The van der Waals surface area contributed by atoms with Crippen molar-refractivity contribution in [2.24, 2.45) is 0 Å². The zero-order valence-electron chi connectivity index (χ0n) is 11.3. The SMILES string of the molecule is Cc1cnc2c(c1)nc(CCCl)n2Cc1ccncc1. The van der Waals surface area contributed by atoms with Crippen LogP contribution in [0.4, 0.5) is 0 Å². The first-order valence-corrected chi connectivity index (χ1v) is 7.08. The van der Waals surface area contributed by atoms with Crippen molar-refractivity contribution < 1.29 is 0 Å². The predicted octanol–water partition coefficient (Wildman–Crippen LogP) is 2.96. The van der Waals surface area contributed by atoms with Gasteiger partial charge < -0.3 is 4.57 Å².